The van der Waals surface area contributed by atoms with Crippen LogP contribution in [0, 0.1) is 0 Å². The fraction of sp³-hybridized carbons (Fsp3) is 0.120. The van der Waals surface area contributed by atoms with Crippen molar-refractivity contribution in [2.24, 2.45) is 0 Å². The minimum atomic E-state index is -0.253. The lowest BCUT2D eigenvalue weighted by Gasteiger charge is -2.16. The summed E-state index contributed by atoms with van der Waals surface area (Å²) in [6.07, 6.45) is 0. The maximum absolute atomic E-state index is 12.9. The van der Waals surface area contributed by atoms with E-state index in [1.54, 1.807) is 24.3 Å². The number of amides is 2. The molecular weight excluding hydrogens is 434 g/mol. The quantitative estimate of drug-likeness (QED) is 0.333. The van der Waals surface area contributed by atoms with Crippen molar-refractivity contribution in [3.8, 4) is 11.4 Å². The molecule has 3 N–H and O–H groups in total. The van der Waals surface area contributed by atoms with Crippen molar-refractivity contribution >= 4 is 29.3 Å². The Balaban J connectivity index is 1.36. The molecule has 0 aliphatic heterocycles. The Morgan fingerprint density at radius 1 is 0.939 bits per heavy atom. The minimum absolute atomic E-state index is 0.114. The van der Waals surface area contributed by atoms with Crippen molar-refractivity contribution in [3.05, 3.63) is 96.1 Å². The maximum atomic E-state index is 12.9. The largest absolute Gasteiger partial charge is 0.345 e. The van der Waals surface area contributed by atoms with Gasteiger partial charge in [-0.3, -0.25) is 14.7 Å². The van der Waals surface area contributed by atoms with Crippen molar-refractivity contribution in [3.63, 3.8) is 0 Å². The molecule has 0 spiro atoms. The van der Waals surface area contributed by atoms with E-state index in [1.807, 2.05) is 67.6 Å². The predicted molar refractivity (Wildman–Crippen MR) is 130 cm³/mol. The third-order valence-electron chi connectivity index (χ3n) is 4.94. The fourth-order valence-electron chi connectivity index (χ4n) is 3.24. The molecule has 0 aliphatic rings. The summed E-state index contributed by atoms with van der Waals surface area (Å²) in [4.78, 5) is 29.8. The number of hydrogen-bond donors (Lipinski definition) is 3. The van der Waals surface area contributed by atoms with Crippen LogP contribution in [0.5, 0.6) is 0 Å². The molecule has 0 fully saturated rings. The molecule has 1 aromatic heterocycles. The first-order valence-corrected chi connectivity index (χ1v) is 11.4. The van der Waals surface area contributed by atoms with E-state index in [-0.39, 0.29) is 23.6 Å². The lowest BCUT2D eigenvalue weighted by atomic mass is 10.1. The molecule has 0 radical (unpaired) electrons. The number of thioether (sulfide) groups is 1. The molecule has 0 aliphatic carbocycles. The van der Waals surface area contributed by atoms with Crippen LogP contribution in [0.4, 0.5) is 5.69 Å². The fourth-order valence-corrected chi connectivity index (χ4v) is 3.84. The minimum Gasteiger partial charge on any atom is -0.345 e. The van der Waals surface area contributed by atoms with E-state index in [2.05, 4.69) is 25.8 Å². The van der Waals surface area contributed by atoms with Crippen molar-refractivity contribution in [2.75, 3.05) is 11.1 Å². The van der Waals surface area contributed by atoms with Gasteiger partial charge in [-0.1, -0.05) is 84.6 Å². The molecule has 33 heavy (non-hydrogen) atoms. The first-order valence-electron chi connectivity index (χ1n) is 10.5. The van der Waals surface area contributed by atoms with Crippen LogP contribution in [0.25, 0.3) is 11.4 Å². The van der Waals surface area contributed by atoms with Gasteiger partial charge in [-0.2, -0.15) is 0 Å². The van der Waals surface area contributed by atoms with Crippen LogP contribution in [-0.2, 0) is 4.79 Å². The molecule has 1 heterocycles. The van der Waals surface area contributed by atoms with Gasteiger partial charge in [0.05, 0.1) is 23.0 Å². The first-order chi connectivity index (χ1) is 16.1. The number of nitrogens with zero attached hydrogens (tertiary/aromatic N) is 2. The SMILES string of the molecule is C[C@@H](NC(=O)c1ccccc1NC(=O)CSc1n[nH]c(-c2ccccc2)n1)c1ccccc1. The highest BCUT2D eigenvalue weighted by Crippen LogP contribution is 2.21. The summed E-state index contributed by atoms with van der Waals surface area (Å²) in [7, 11) is 0. The number of para-hydroxylation sites is 1. The number of aromatic nitrogens is 3. The van der Waals surface area contributed by atoms with Crippen LogP contribution in [0.1, 0.15) is 28.9 Å². The first kappa shape index (κ1) is 22.3. The van der Waals surface area contributed by atoms with Crippen molar-refractivity contribution in [1.82, 2.24) is 20.5 Å². The maximum Gasteiger partial charge on any atom is 0.253 e. The second-order valence-corrected chi connectivity index (χ2v) is 8.26. The number of nitrogens with one attached hydrogen (secondary N) is 3. The van der Waals surface area contributed by atoms with Gasteiger partial charge in [-0.15, -0.1) is 5.10 Å². The van der Waals surface area contributed by atoms with Crippen LogP contribution in [-0.4, -0.2) is 32.7 Å². The lowest BCUT2D eigenvalue weighted by molar-refractivity contribution is -0.113. The Labute approximate surface area is 196 Å². The van der Waals surface area contributed by atoms with Crippen LogP contribution < -0.4 is 10.6 Å². The van der Waals surface area contributed by atoms with Gasteiger partial charge in [0.25, 0.3) is 5.91 Å². The van der Waals surface area contributed by atoms with E-state index in [0.29, 0.717) is 22.2 Å². The zero-order valence-electron chi connectivity index (χ0n) is 18.0. The molecule has 4 rings (SSSR count). The average Bonchev–Trinajstić information content (AvgIpc) is 3.33. The number of carbonyl (C=O) groups excluding carboxylic acids is 2. The molecule has 8 heteroatoms. The topological polar surface area (TPSA) is 99.8 Å². The summed E-state index contributed by atoms with van der Waals surface area (Å²) in [6, 6.07) is 26.1. The standard InChI is InChI=1S/C25H23N5O2S/c1-17(18-10-4-2-5-11-18)26-24(32)20-14-8-9-15-21(20)27-22(31)16-33-25-28-23(29-30-25)19-12-6-3-7-13-19/h2-15,17H,16H2,1H3,(H,26,32)(H,27,31)(H,28,29,30)/t17-/m1/s1. The van der Waals surface area contributed by atoms with Gasteiger partial charge in [-0.25, -0.2) is 4.98 Å². The van der Waals surface area contributed by atoms with E-state index in [9.17, 15) is 9.59 Å². The normalized spacial score (nSPS) is 11.5. The monoisotopic (exact) mass is 457 g/mol. The Kier molecular flexibility index (Phi) is 7.16. The van der Waals surface area contributed by atoms with Gasteiger partial charge in [0.2, 0.25) is 11.1 Å². The molecule has 2 amide bonds. The van der Waals surface area contributed by atoms with Gasteiger partial charge in [0, 0.05) is 5.56 Å². The lowest BCUT2D eigenvalue weighted by Crippen LogP contribution is -2.28. The summed E-state index contributed by atoms with van der Waals surface area (Å²) < 4.78 is 0. The number of carbonyl (C=O) groups is 2. The van der Waals surface area contributed by atoms with E-state index in [1.165, 1.54) is 11.8 Å². The van der Waals surface area contributed by atoms with Gasteiger partial charge < -0.3 is 10.6 Å². The zero-order valence-corrected chi connectivity index (χ0v) is 18.8. The van der Waals surface area contributed by atoms with Crippen LogP contribution in [0.3, 0.4) is 0 Å². The van der Waals surface area contributed by atoms with Gasteiger partial charge in [0.15, 0.2) is 5.82 Å². The Hall–Kier alpha value is -3.91. The molecule has 4 aromatic rings. The van der Waals surface area contributed by atoms with E-state index < -0.39 is 0 Å². The van der Waals surface area contributed by atoms with E-state index >= 15 is 0 Å². The molecule has 1 atom stereocenters. The molecule has 0 unspecified atom stereocenters. The molecule has 166 valence electrons. The van der Waals surface area contributed by atoms with Gasteiger partial charge in [0.1, 0.15) is 0 Å². The number of benzene rings is 3. The molecular formula is C25H23N5O2S. The molecule has 3 aromatic carbocycles. The average molecular weight is 458 g/mol. The third-order valence-corrected chi connectivity index (χ3v) is 5.78. The number of aromatic amines is 1. The highest BCUT2D eigenvalue weighted by Gasteiger charge is 2.16. The summed E-state index contributed by atoms with van der Waals surface area (Å²) in [6.45, 7) is 1.92. The summed E-state index contributed by atoms with van der Waals surface area (Å²) in [5, 5.41) is 13.3. The van der Waals surface area contributed by atoms with Gasteiger partial charge in [-0.05, 0) is 24.6 Å². The van der Waals surface area contributed by atoms with Crippen LogP contribution >= 0.6 is 11.8 Å². The summed E-state index contributed by atoms with van der Waals surface area (Å²) in [5.74, 6) is 0.259. The zero-order chi connectivity index (χ0) is 23.0. The smallest absolute Gasteiger partial charge is 0.253 e. The molecule has 0 saturated carbocycles. The highest BCUT2D eigenvalue weighted by molar-refractivity contribution is 7.99. The number of anilines is 1. The highest BCUT2D eigenvalue weighted by atomic mass is 32.2. The van der Waals surface area contributed by atoms with Crippen molar-refractivity contribution in [2.45, 2.75) is 18.1 Å². The predicted octanol–water partition coefficient (Wildman–Crippen LogP) is 4.69. The Bertz CT molecular complexity index is 1230. The summed E-state index contributed by atoms with van der Waals surface area (Å²) >= 11 is 1.22. The molecule has 7 nitrogen and oxygen atoms in total. The number of rotatable bonds is 8. The Morgan fingerprint density at radius 3 is 2.36 bits per heavy atom. The number of hydrogen-bond acceptors (Lipinski definition) is 5. The van der Waals surface area contributed by atoms with Gasteiger partial charge >= 0.3 is 0 Å². The van der Waals surface area contributed by atoms with E-state index in [0.717, 1.165) is 11.1 Å². The third kappa shape index (κ3) is 5.87. The second-order valence-electron chi connectivity index (χ2n) is 7.32. The molecule has 0 bridgehead atoms. The van der Waals surface area contributed by atoms with Crippen LogP contribution in [0.2, 0.25) is 0 Å². The second kappa shape index (κ2) is 10.6. The summed E-state index contributed by atoms with van der Waals surface area (Å²) in [5.41, 5.74) is 2.79. The Morgan fingerprint density at radius 2 is 1.61 bits per heavy atom. The number of H-pyrrole nitrogens is 1. The van der Waals surface area contributed by atoms with Crippen molar-refractivity contribution in [1.29, 1.82) is 0 Å². The van der Waals surface area contributed by atoms with Crippen molar-refractivity contribution < 1.29 is 9.59 Å². The van der Waals surface area contributed by atoms with Crippen LogP contribution in [0.15, 0.2) is 90.1 Å². The van der Waals surface area contributed by atoms with E-state index in [4.69, 9.17) is 0 Å². The molecule has 0 saturated heterocycles.